The van der Waals surface area contributed by atoms with Gasteiger partial charge in [-0.3, -0.25) is 0 Å². The van der Waals surface area contributed by atoms with Crippen LogP contribution in [0.25, 0.3) is 0 Å². The third kappa shape index (κ3) is 5.78. The Bertz CT molecular complexity index is 444. The Morgan fingerprint density at radius 3 is 2.19 bits per heavy atom. The third-order valence-corrected chi connectivity index (χ3v) is 2.35. The number of halogens is 6. The monoisotopic (exact) mass is 316 g/mol. The van der Waals surface area contributed by atoms with Crippen LogP contribution in [0.3, 0.4) is 0 Å². The molecule has 1 N–H and O–H groups in total. The van der Waals surface area contributed by atoms with Gasteiger partial charge in [0.05, 0.1) is 0 Å². The molecule has 0 aliphatic carbocycles. The van der Waals surface area contributed by atoms with Gasteiger partial charge in [-0.15, -0.1) is 0 Å². The Morgan fingerprint density at radius 1 is 1.14 bits per heavy atom. The lowest BCUT2D eigenvalue weighted by Gasteiger charge is -2.23. The second kappa shape index (κ2) is 6.50. The lowest BCUT2D eigenvalue weighted by atomic mass is 10.2. The molecule has 0 bridgehead atoms. The summed E-state index contributed by atoms with van der Waals surface area (Å²) in [5.41, 5.74) is 0.469. The zero-order valence-corrected chi connectivity index (χ0v) is 11.2. The van der Waals surface area contributed by atoms with E-state index in [2.05, 4.69) is 15.0 Å². The van der Waals surface area contributed by atoms with E-state index in [0.29, 0.717) is 5.56 Å². The summed E-state index contributed by atoms with van der Waals surface area (Å²) in [6, 6.07) is 2.62. The summed E-state index contributed by atoms with van der Waals surface area (Å²) in [6.07, 6.45) is -13.9. The van der Waals surface area contributed by atoms with Crippen molar-refractivity contribution < 1.29 is 31.1 Å². The van der Waals surface area contributed by atoms with E-state index in [9.17, 15) is 26.3 Å². The molecule has 1 aromatic rings. The molecule has 0 spiro atoms. The molecule has 21 heavy (non-hydrogen) atoms. The standard InChI is InChI=1S/C12H14F6N2O/c1-7(2)20-6-8-3-4-19-9(5-8)21-10(11(13,14)15)12(16,17)18/h3-5,7,10,20H,6H2,1-2H3. The molecule has 0 saturated heterocycles. The number of rotatable bonds is 5. The minimum atomic E-state index is -5.56. The quantitative estimate of drug-likeness (QED) is 0.845. The number of aromatic nitrogens is 1. The highest BCUT2D eigenvalue weighted by atomic mass is 19.4. The molecule has 3 nitrogen and oxygen atoms in total. The van der Waals surface area contributed by atoms with Crippen LogP contribution in [0.5, 0.6) is 5.88 Å². The van der Waals surface area contributed by atoms with Crippen molar-refractivity contribution >= 4 is 0 Å². The Morgan fingerprint density at radius 2 is 1.71 bits per heavy atom. The molecule has 1 rings (SSSR count). The molecule has 0 aliphatic heterocycles. The molecule has 0 atom stereocenters. The number of hydrogen-bond acceptors (Lipinski definition) is 3. The average Bonchev–Trinajstić information content (AvgIpc) is 2.31. The van der Waals surface area contributed by atoms with Crippen LogP contribution in [0.2, 0.25) is 0 Å². The van der Waals surface area contributed by atoms with Crippen molar-refractivity contribution in [2.24, 2.45) is 0 Å². The number of nitrogens with one attached hydrogen (secondary N) is 1. The zero-order valence-electron chi connectivity index (χ0n) is 11.2. The maximum absolute atomic E-state index is 12.4. The zero-order chi connectivity index (χ0) is 16.3. The first-order valence-corrected chi connectivity index (χ1v) is 5.98. The van der Waals surface area contributed by atoms with Gasteiger partial charge < -0.3 is 10.1 Å². The topological polar surface area (TPSA) is 34.2 Å². The summed E-state index contributed by atoms with van der Waals surface area (Å²) in [5.74, 6) is -0.724. The van der Waals surface area contributed by atoms with Gasteiger partial charge in [0.1, 0.15) is 0 Å². The van der Waals surface area contributed by atoms with E-state index < -0.39 is 24.3 Å². The second-order valence-corrected chi connectivity index (χ2v) is 4.62. The van der Waals surface area contributed by atoms with Gasteiger partial charge >= 0.3 is 12.4 Å². The molecule has 0 unspecified atom stereocenters. The Balaban J connectivity index is 2.88. The minimum Gasteiger partial charge on any atom is -0.455 e. The van der Waals surface area contributed by atoms with Gasteiger partial charge in [-0.2, -0.15) is 26.3 Å². The number of alkyl halides is 6. The van der Waals surface area contributed by atoms with Gasteiger partial charge in [0.15, 0.2) is 0 Å². The molecule has 120 valence electrons. The van der Waals surface area contributed by atoms with Gasteiger partial charge in [-0.1, -0.05) is 13.8 Å². The van der Waals surface area contributed by atoms with Crippen molar-refractivity contribution in [3.8, 4) is 5.88 Å². The van der Waals surface area contributed by atoms with Gasteiger partial charge in [0.25, 0.3) is 6.10 Å². The van der Waals surface area contributed by atoms with E-state index in [0.717, 1.165) is 12.3 Å². The van der Waals surface area contributed by atoms with E-state index in [-0.39, 0.29) is 12.6 Å². The van der Waals surface area contributed by atoms with Crippen LogP contribution in [-0.4, -0.2) is 29.5 Å². The highest BCUT2D eigenvalue weighted by Gasteiger charge is 2.59. The van der Waals surface area contributed by atoms with E-state index in [4.69, 9.17) is 0 Å². The summed E-state index contributed by atoms with van der Waals surface area (Å²) in [4.78, 5) is 3.38. The Hall–Kier alpha value is -1.51. The number of nitrogens with zero attached hydrogens (tertiary/aromatic N) is 1. The van der Waals surface area contributed by atoms with E-state index >= 15 is 0 Å². The molecule has 0 radical (unpaired) electrons. The van der Waals surface area contributed by atoms with Gasteiger partial charge in [-0.25, -0.2) is 4.98 Å². The number of hydrogen-bond donors (Lipinski definition) is 1. The van der Waals surface area contributed by atoms with Gasteiger partial charge in [0, 0.05) is 24.8 Å². The second-order valence-electron chi connectivity index (χ2n) is 4.62. The Labute approximate surface area is 117 Å². The molecule has 0 amide bonds. The van der Waals surface area contributed by atoms with Crippen LogP contribution >= 0.6 is 0 Å². The maximum atomic E-state index is 12.4. The molecular formula is C12H14F6N2O. The van der Waals surface area contributed by atoms with E-state index in [1.165, 1.54) is 6.07 Å². The Kier molecular flexibility index (Phi) is 5.43. The summed E-state index contributed by atoms with van der Waals surface area (Å²) in [7, 11) is 0. The first-order valence-electron chi connectivity index (χ1n) is 5.98. The molecule has 1 aromatic heterocycles. The number of ether oxygens (including phenoxy) is 1. The normalized spacial score (nSPS) is 13.0. The van der Waals surface area contributed by atoms with Crippen molar-refractivity contribution in [2.75, 3.05) is 0 Å². The summed E-state index contributed by atoms with van der Waals surface area (Å²) in [5, 5.41) is 2.98. The highest BCUT2D eigenvalue weighted by molar-refractivity contribution is 5.21. The molecule has 0 aromatic carbocycles. The van der Waals surface area contributed by atoms with Crippen molar-refractivity contribution in [3.05, 3.63) is 23.9 Å². The third-order valence-electron chi connectivity index (χ3n) is 2.35. The lowest BCUT2D eigenvalue weighted by Crippen LogP contribution is -2.46. The summed E-state index contributed by atoms with van der Waals surface area (Å²) < 4.78 is 78.2. The van der Waals surface area contributed by atoms with Crippen LogP contribution in [-0.2, 0) is 6.54 Å². The van der Waals surface area contributed by atoms with Gasteiger partial charge in [-0.05, 0) is 11.6 Å². The predicted octanol–water partition coefficient (Wildman–Crippen LogP) is 3.45. The predicted molar refractivity (Wildman–Crippen MR) is 62.7 cm³/mol. The summed E-state index contributed by atoms with van der Waals surface area (Å²) in [6.45, 7) is 3.98. The highest BCUT2D eigenvalue weighted by Crippen LogP contribution is 2.36. The lowest BCUT2D eigenvalue weighted by molar-refractivity contribution is -0.300. The van der Waals surface area contributed by atoms with Crippen molar-refractivity contribution in [3.63, 3.8) is 0 Å². The fourth-order valence-corrected chi connectivity index (χ4v) is 1.39. The van der Waals surface area contributed by atoms with Crippen LogP contribution < -0.4 is 10.1 Å². The van der Waals surface area contributed by atoms with E-state index in [1.54, 1.807) is 0 Å². The molecule has 0 aliphatic rings. The van der Waals surface area contributed by atoms with Crippen LogP contribution in [0.4, 0.5) is 26.3 Å². The van der Waals surface area contributed by atoms with Crippen LogP contribution in [0.1, 0.15) is 19.4 Å². The molecular weight excluding hydrogens is 302 g/mol. The maximum Gasteiger partial charge on any atom is 0.434 e. The molecule has 0 fully saturated rings. The average molecular weight is 316 g/mol. The molecule has 1 heterocycles. The van der Waals surface area contributed by atoms with Crippen molar-refractivity contribution in [1.82, 2.24) is 10.3 Å². The summed E-state index contributed by atoms with van der Waals surface area (Å²) >= 11 is 0. The SMILES string of the molecule is CC(C)NCc1ccnc(OC(C(F)(F)F)C(F)(F)F)c1. The smallest absolute Gasteiger partial charge is 0.434 e. The first-order chi connectivity index (χ1) is 9.50. The van der Waals surface area contributed by atoms with Gasteiger partial charge in [0.2, 0.25) is 5.88 Å². The van der Waals surface area contributed by atoms with E-state index in [1.807, 2.05) is 13.8 Å². The number of pyridine rings is 1. The molecule has 9 heteroatoms. The first kappa shape index (κ1) is 17.5. The fourth-order valence-electron chi connectivity index (χ4n) is 1.39. The minimum absolute atomic E-state index is 0.112. The fraction of sp³-hybridized carbons (Fsp3) is 0.583. The molecule has 0 saturated carbocycles. The van der Waals surface area contributed by atoms with Crippen LogP contribution in [0.15, 0.2) is 18.3 Å². The van der Waals surface area contributed by atoms with Crippen molar-refractivity contribution in [2.45, 2.75) is 44.9 Å². The van der Waals surface area contributed by atoms with Crippen LogP contribution in [0, 0.1) is 0 Å². The largest absolute Gasteiger partial charge is 0.455 e. The van der Waals surface area contributed by atoms with Crippen molar-refractivity contribution in [1.29, 1.82) is 0 Å².